The number of hydrogen-bond donors (Lipinski definition) is 2. The van der Waals surface area contributed by atoms with Crippen molar-refractivity contribution in [1.29, 1.82) is 0 Å². The van der Waals surface area contributed by atoms with Crippen molar-refractivity contribution in [3.63, 3.8) is 0 Å². The summed E-state index contributed by atoms with van der Waals surface area (Å²) < 4.78 is 11.2. The largest absolute Gasteiger partial charge is 0.497 e. The van der Waals surface area contributed by atoms with Gasteiger partial charge in [-0.15, -0.1) is 0 Å². The molecular weight excluding hydrogens is 366 g/mol. The van der Waals surface area contributed by atoms with E-state index in [1.54, 1.807) is 14.2 Å². The number of nitrogens with zero attached hydrogens (tertiary/aromatic N) is 3. The molecule has 1 aromatic heterocycles. The molecule has 0 saturated carbocycles. The number of guanidine groups is 1. The molecule has 7 heteroatoms. The van der Waals surface area contributed by atoms with E-state index >= 15 is 0 Å². The van der Waals surface area contributed by atoms with Crippen molar-refractivity contribution in [2.45, 2.75) is 31.9 Å². The van der Waals surface area contributed by atoms with E-state index in [0.29, 0.717) is 12.6 Å². The van der Waals surface area contributed by atoms with Crippen LogP contribution < -0.4 is 25.0 Å². The molecule has 29 heavy (non-hydrogen) atoms. The molecule has 1 atom stereocenters. The maximum absolute atomic E-state index is 5.97. The van der Waals surface area contributed by atoms with Gasteiger partial charge >= 0.3 is 0 Å². The predicted molar refractivity (Wildman–Crippen MR) is 117 cm³/mol. The average molecular weight is 398 g/mol. The Labute approximate surface area is 173 Å². The number of methoxy groups -OCH3 is 1. The molecule has 2 heterocycles. The molecule has 1 saturated heterocycles. The van der Waals surface area contributed by atoms with Gasteiger partial charge in [0.2, 0.25) is 0 Å². The Bertz CT molecular complexity index is 776. The van der Waals surface area contributed by atoms with Gasteiger partial charge in [0.25, 0.3) is 0 Å². The second kappa shape index (κ2) is 10.5. The standard InChI is InChI=1S/C22H31N5O2/c1-17(29-20-8-6-7-19(15-20)28-3)16-25-22(23-2)26-18-10-13-27(14-11-18)21-9-4-5-12-24-21/h4-9,12,15,17-18H,10-11,13-14,16H2,1-3H3,(H2,23,25,26). The molecule has 1 aromatic carbocycles. The molecule has 0 spiro atoms. The lowest BCUT2D eigenvalue weighted by Gasteiger charge is -2.33. The first-order valence-corrected chi connectivity index (χ1v) is 10.1. The van der Waals surface area contributed by atoms with Gasteiger partial charge in [-0.1, -0.05) is 12.1 Å². The molecule has 2 aromatic rings. The highest BCUT2D eigenvalue weighted by Gasteiger charge is 2.21. The second-order valence-corrected chi connectivity index (χ2v) is 7.15. The Kier molecular flexibility index (Phi) is 7.55. The first-order valence-electron chi connectivity index (χ1n) is 10.1. The maximum atomic E-state index is 5.97. The minimum Gasteiger partial charge on any atom is -0.497 e. The zero-order valence-electron chi connectivity index (χ0n) is 17.5. The van der Waals surface area contributed by atoms with Crippen LogP contribution in [0, 0.1) is 0 Å². The molecule has 0 amide bonds. The molecule has 1 fully saturated rings. The van der Waals surface area contributed by atoms with E-state index in [4.69, 9.17) is 9.47 Å². The van der Waals surface area contributed by atoms with Gasteiger partial charge in [-0.3, -0.25) is 4.99 Å². The summed E-state index contributed by atoms with van der Waals surface area (Å²) in [6.45, 7) is 4.66. The quantitative estimate of drug-likeness (QED) is 0.553. The number of ether oxygens (including phenoxy) is 2. The number of aromatic nitrogens is 1. The van der Waals surface area contributed by atoms with Crippen molar-refractivity contribution in [2.75, 3.05) is 38.7 Å². The third kappa shape index (κ3) is 6.27. The topological polar surface area (TPSA) is 71.0 Å². The van der Waals surface area contributed by atoms with Crippen molar-refractivity contribution in [2.24, 2.45) is 4.99 Å². The van der Waals surface area contributed by atoms with Crippen LogP contribution in [0.5, 0.6) is 11.5 Å². The van der Waals surface area contributed by atoms with Crippen LogP contribution in [-0.2, 0) is 0 Å². The summed E-state index contributed by atoms with van der Waals surface area (Å²) >= 11 is 0. The Balaban J connectivity index is 1.41. The molecule has 7 nitrogen and oxygen atoms in total. The highest BCUT2D eigenvalue weighted by Crippen LogP contribution is 2.20. The maximum Gasteiger partial charge on any atom is 0.191 e. The van der Waals surface area contributed by atoms with E-state index < -0.39 is 0 Å². The average Bonchev–Trinajstić information content (AvgIpc) is 2.77. The van der Waals surface area contributed by atoms with E-state index in [-0.39, 0.29) is 6.10 Å². The van der Waals surface area contributed by atoms with Crippen LogP contribution in [0.25, 0.3) is 0 Å². The molecule has 1 unspecified atom stereocenters. The van der Waals surface area contributed by atoms with Gasteiger partial charge in [0.15, 0.2) is 5.96 Å². The Morgan fingerprint density at radius 3 is 2.69 bits per heavy atom. The molecule has 3 rings (SSSR count). The minimum atomic E-state index is -0.00772. The highest BCUT2D eigenvalue weighted by molar-refractivity contribution is 5.80. The molecular formula is C22H31N5O2. The van der Waals surface area contributed by atoms with E-state index in [1.165, 1.54) is 0 Å². The molecule has 0 radical (unpaired) electrons. The molecule has 156 valence electrons. The fourth-order valence-corrected chi connectivity index (χ4v) is 3.37. The zero-order chi connectivity index (χ0) is 20.5. The van der Waals surface area contributed by atoms with Crippen LogP contribution in [0.1, 0.15) is 19.8 Å². The van der Waals surface area contributed by atoms with Crippen molar-refractivity contribution < 1.29 is 9.47 Å². The number of rotatable bonds is 7. The highest BCUT2D eigenvalue weighted by atomic mass is 16.5. The van der Waals surface area contributed by atoms with Crippen molar-refractivity contribution in [3.8, 4) is 11.5 Å². The normalized spacial score (nSPS) is 16.2. The van der Waals surface area contributed by atoms with Crippen molar-refractivity contribution in [1.82, 2.24) is 15.6 Å². The number of pyridine rings is 1. The number of piperidine rings is 1. The number of hydrogen-bond acceptors (Lipinski definition) is 5. The predicted octanol–water partition coefficient (Wildman–Crippen LogP) is 2.69. The van der Waals surface area contributed by atoms with Crippen molar-refractivity contribution >= 4 is 11.8 Å². The molecule has 0 bridgehead atoms. The van der Waals surface area contributed by atoms with Crippen LogP contribution >= 0.6 is 0 Å². The van der Waals surface area contributed by atoms with Crippen LogP contribution in [-0.4, -0.2) is 56.9 Å². The monoisotopic (exact) mass is 397 g/mol. The van der Waals surface area contributed by atoms with E-state index in [0.717, 1.165) is 49.2 Å². The van der Waals surface area contributed by atoms with E-state index in [9.17, 15) is 0 Å². The number of anilines is 1. The van der Waals surface area contributed by atoms with Gasteiger partial charge < -0.3 is 25.0 Å². The molecule has 2 N–H and O–H groups in total. The molecule has 1 aliphatic heterocycles. The third-order valence-electron chi connectivity index (χ3n) is 4.97. The lowest BCUT2D eigenvalue weighted by molar-refractivity contribution is 0.222. The summed E-state index contributed by atoms with van der Waals surface area (Å²) in [7, 11) is 3.45. The van der Waals surface area contributed by atoms with Crippen LogP contribution in [0.4, 0.5) is 5.82 Å². The third-order valence-corrected chi connectivity index (χ3v) is 4.97. The Morgan fingerprint density at radius 1 is 1.21 bits per heavy atom. The molecule has 0 aliphatic carbocycles. The summed E-state index contributed by atoms with van der Waals surface area (Å²) in [5.41, 5.74) is 0. The first kappa shape index (κ1) is 20.8. The lowest BCUT2D eigenvalue weighted by atomic mass is 10.1. The summed E-state index contributed by atoms with van der Waals surface area (Å²) in [4.78, 5) is 11.1. The fraction of sp³-hybridized carbons (Fsp3) is 0.455. The molecule has 1 aliphatic rings. The summed E-state index contributed by atoms with van der Waals surface area (Å²) in [5, 5.41) is 6.90. The minimum absolute atomic E-state index is 0.00772. The number of aliphatic imine (C=N–C) groups is 1. The van der Waals surface area contributed by atoms with Gasteiger partial charge in [-0.25, -0.2) is 4.98 Å². The summed E-state index contributed by atoms with van der Waals surface area (Å²) in [5.74, 6) is 3.44. The van der Waals surface area contributed by atoms with Crippen LogP contribution in [0.15, 0.2) is 53.7 Å². The van der Waals surface area contributed by atoms with Crippen molar-refractivity contribution in [3.05, 3.63) is 48.7 Å². The van der Waals surface area contributed by atoms with E-state index in [2.05, 4.69) is 31.6 Å². The summed E-state index contributed by atoms with van der Waals surface area (Å²) in [6.07, 6.45) is 3.94. The van der Waals surface area contributed by atoms with Crippen LogP contribution in [0.2, 0.25) is 0 Å². The fourth-order valence-electron chi connectivity index (χ4n) is 3.37. The second-order valence-electron chi connectivity index (χ2n) is 7.15. The number of benzene rings is 1. The van der Waals surface area contributed by atoms with Crippen LogP contribution in [0.3, 0.4) is 0 Å². The Hall–Kier alpha value is -2.96. The smallest absolute Gasteiger partial charge is 0.191 e. The lowest BCUT2D eigenvalue weighted by Crippen LogP contribution is -2.50. The van der Waals surface area contributed by atoms with Gasteiger partial charge in [0.05, 0.1) is 13.7 Å². The first-order chi connectivity index (χ1) is 14.2. The van der Waals surface area contributed by atoms with Gasteiger partial charge in [-0.2, -0.15) is 0 Å². The Morgan fingerprint density at radius 2 is 2.00 bits per heavy atom. The SMILES string of the molecule is CN=C(NCC(C)Oc1cccc(OC)c1)NC1CCN(c2ccccn2)CC1. The zero-order valence-corrected chi connectivity index (χ0v) is 17.5. The van der Waals surface area contributed by atoms with Gasteiger partial charge in [0, 0.05) is 38.4 Å². The van der Waals surface area contributed by atoms with E-state index in [1.807, 2.05) is 49.5 Å². The van der Waals surface area contributed by atoms with Gasteiger partial charge in [-0.05, 0) is 44.0 Å². The van der Waals surface area contributed by atoms with Gasteiger partial charge in [0.1, 0.15) is 23.4 Å². The number of nitrogens with one attached hydrogen (secondary N) is 2. The summed E-state index contributed by atoms with van der Waals surface area (Å²) in [6, 6.07) is 14.1.